The highest BCUT2D eigenvalue weighted by Crippen LogP contribution is 2.34. The van der Waals surface area contributed by atoms with Crippen molar-refractivity contribution in [3.05, 3.63) is 11.8 Å². The lowest BCUT2D eigenvalue weighted by molar-refractivity contribution is 0.0815. The van der Waals surface area contributed by atoms with Gasteiger partial charge in [0.25, 0.3) is 5.91 Å². The Labute approximate surface area is 88.4 Å². The van der Waals surface area contributed by atoms with Gasteiger partial charge in [0.15, 0.2) is 0 Å². The van der Waals surface area contributed by atoms with Gasteiger partial charge in [-0.25, -0.2) is 0 Å². The molecule has 0 spiro atoms. The van der Waals surface area contributed by atoms with Crippen molar-refractivity contribution in [2.75, 3.05) is 5.73 Å². The molecule has 1 amide bonds. The fourth-order valence-corrected chi connectivity index (χ4v) is 1.93. The third kappa shape index (κ3) is 1.82. The zero-order chi connectivity index (χ0) is 10.9. The second-order valence-corrected chi connectivity index (χ2v) is 4.15. The number of amides is 1. The standard InChI is InChI=1S/C10H16N4O/c1-2-10(4-3-5-10)12-9(15)7-6-8(11)14-13-7/h6H,2-5H2,1H3,(H,12,15)(H3,11,13,14). The van der Waals surface area contributed by atoms with Crippen LogP contribution in [0.5, 0.6) is 0 Å². The molecule has 1 aromatic rings. The van der Waals surface area contributed by atoms with Crippen molar-refractivity contribution in [3.63, 3.8) is 0 Å². The Balaban J connectivity index is 2.03. The Hall–Kier alpha value is -1.52. The number of carbonyl (C=O) groups excluding carboxylic acids is 1. The average molecular weight is 208 g/mol. The molecule has 1 saturated carbocycles. The van der Waals surface area contributed by atoms with Gasteiger partial charge >= 0.3 is 0 Å². The number of anilines is 1. The molecular weight excluding hydrogens is 192 g/mol. The van der Waals surface area contributed by atoms with Gasteiger partial charge in [0.1, 0.15) is 11.5 Å². The molecule has 5 heteroatoms. The fraction of sp³-hybridized carbons (Fsp3) is 0.600. The van der Waals surface area contributed by atoms with E-state index in [0.29, 0.717) is 11.5 Å². The van der Waals surface area contributed by atoms with Crippen LogP contribution in [-0.4, -0.2) is 21.6 Å². The van der Waals surface area contributed by atoms with Crippen LogP contribution in [-0.2, 0) is 0 Å². The minimum absolute atomic E-state index is 0.0109. The summed E-state index contributed by atoms with van der Waals surface area (Å²) in [5.41, 5.74) is 5.88. The molecule has 5 nitrogen and oxygen atoms in total. The lowest BCUT2D eigenvalue weighted by atomic mass is 9.75. The normalized spacial score (nSPS) is 18.2. The van der Waals surface area contributed by atoms with Crippen LogP contribution in [0.1, 0.15) is 43.1 Å². The van der Waals surface area contributed by atoms with Crippen molar-refractivity contribution in [2.45, 2.75) is 38.1 Å². The number of nitrogens with two attached hydrogens (primary N) is 1. The molecule has 0 unspecified atom stereocenters. The van der Waals surface area contributed by atoms with Crippen LogP contribution in [0.3, 0.4) is 0 Å². The summed E-state index contributed by atoms with van der Waals surface area (Å²) < 4.78 is 0. The molecule has 1 aliphatic carbocycles. The Bertz CT molecular complexity index is 362. The van der Waals surface area contributed by atoms with E-state index < -0.39 is 0 Å². The molecule has 1 fully saturated rings. The summed E-state index contributed by atoms with van der Waals surface area (Å²) in [5, 5.41) is 9.39. The molecule has 1 heterocycles. The number of aromatic nitrogens is 2. The van der Waals surface area contributed by atoms with Crippen molar-refractivity contribution >= 4 is 11.7 Å². The highest BCUT2D eigenvalue weighted by Gasteiger charge is 2.36. The third-order valence-electron chi connectivity index (χ3n) is 3.21. The monoisotopic (exact) mass is 208 g/mol. The van der Waals surface area contributed by atoms with Crippen LogP contribution in [0.2, 0.25) is 0 Å². The molecule has 82 valence electrons. The van der Waals surface area contributed by atoms with Gasteiger partial charge in [0.05, 0.1) is 0 Å². The van der Waals surface area contributed by atoms with Crippen molar-refractivity contribution in [2.24, 2.45) is 0 Å². The number of rotatable bonds is 3. The zero-order valence-corrected chi connectivity index (χ0v) is 8.84. The number of H-pyrrole nitrogens is 1. The van der Waals surface area contributed by atoms with Crippen LogP contribution in [0, 0.1) is 0 Å². The maximum Gasteiger partial charge on any atom is 0.269 e. The Morgan fingerprint density at radius 2 is 2.47 bits per heavy atom. The summed E-state index contributed by atoms with van der Waals surface area (Å²) in [6.45, 7) is 2.10. The number of aromatic amines is 1. The molecule has 1 aromatic heterocycles. The summed E-state index contributed by atoms with van der Waals surface area (Å²) in [7, 11) is 0. The Morgan fingerprint density at radius 1 is 1.73 bits per heavy atom. The van der Waals surface area contributed by atoms with Gasteiger partial charge in [0.2, 0.25) is 0 Å². The predicted octanol–water partition coefficient (Wildman–Crippen LogP) is 1.05. The molecule has 0 bridgehead atoms. The van der Waals surface area contributed by atoms with E-state index in [-0.39, 0.29) is 11.4 Å². The van der Waals surface area contributed by atoms with Crippen LogP contribution >= 0.6 is 0 Å². The van der Waals surface area contributed by atoms with Crippen LogP contribution in [0.15, 0.2) is 6.07 Å². The van der Waals surface area contributed by atoms with Crippen molar-refractivity contribution in [1.29, 1.82) is 0 Å². The molecule has 0 radical (unpaired) electrons. The topological polar surface area (TPSA) is 83.8 Å². The Kier molecular flexibility index (Phi) is 2.38. The SMILES string of the molecule is CCC1(NC(=O)c2cc(N)n[nH]2)CCC1. The van der Waals surface area contributed by atoms with E-state index >= 15 is 0 Å². The van der Waals surface area contributed by atoms with Crippen LogP contribution in [0.25, 0.3) is 0 Å². The summed E-state index contributed by atoms with van der Waals surface area (Å²) in [4.78, 5) is 11.8. The molecule has 0 aliphatic heterocycles. The first-order chi connectivity index (χ1) is 7.15. The van der Waals surface area contributed by atoms with E-state index in [9.17, 15) is 4.79 Å². The predicted molar refractivity (Wildman–Crippen MR) is 57.3 cm³/mol. The van der Waals surface area contributed by atoms with Gasteiger partial charge in [-0.15, -0.1) is 0 Å². The number of hydrogen-bond acceptors (Lipinski definition) is 3. The quantitative estimate of drug-likeness (QED) is 0.694. The first-order valence-electron chi connectivity index (χ1n) is 5.29. The summed E-state index contributed by atoms with van der Waals surface area (Å²) >= 11 is 0. The van der Waals surface area contributed by atoms with E-state index in [1.807, 2.05) is 0 Å². The minimum atomic E-state index is -0.110. The van der Waals surface area contributed by atoms with Gasteiger partial charge in [-0.3, -0.25) is 9.89 Å². The molecular formula is C10H16N4O. The van der Waals surface area contributed by atoms with Gasteiger partial charge in [0, 0.05) is 11.6 Å². The van der Waals surface area contributed by atoms with Gasteiger partial charge < -0.3 is 11.1 Å². The molecule has 2 rings (SSSR count). The summed E-state index contributed by atoms with van der Waals surface area (Å²) in [6.07, 6.45) is 4.30. The van der Waals surface area contributed by atoms with E-state index in [2.05, 4.69) is 22.4 Å². The van der Waals surface area contributed by atoms with E-state index in [0.717, 1.165) is 19.3 Å². The van der Waals surface area contributed by atoms with E-state index in [1.54, 1.807) is 6.07 Å². The second kappa shape index (κ2) is 3.56. The van der Waals surface area contributed by atoms with E-state index in [1.165, 1.54) is 6.42 Å². The first-order valence-corrected chi connectivity index (χ1v) is 5.29. The highest BCUT2D eigenvalue weighted by molar-refractivity contribution is 5.93. The Morgan fingerprint density at radius 3 is 2.87 bits per heavy atom. The second-order valence-electron chi connectivity index (χ2n) is 4.15. The largest absolute Gasteiger partial charge is 0.382 e. The molecule has 4 N–H and O–H groups in total. The maximum atomic E-state index is 11.8. The minimum Gasteiger partial charge on any atom is -0.382 e. The number of hydrogen-bond donors (Lipinski definition) is 3. The van der Waals surface area contributed by atoms with Crippen molar-refractivity contribution in [3.8, 4) is 0 Å². The number of nitrogens with one attached hydrogen (secondary N) is 2. The maximum absolute atomic E-state index is 11.8. The summed E-state index contributed by atoms with van der Waals surface area (Å²) in [6, 6.07) is 1.55. The third-order valence-corrected chi connectivity index (χ3v) is 3.21. The summed E-state index contributed by atoms with van der Waals surface area (Å²) in [5.74, 6) is 0.236. The van der Waals surface area contributed by atoms with Gasteiger partial charge in [-0.2, -0.15) is 5.10 Å². The molecule has 0 atom stereocenters. The molecule has 15 heavy (non-hydrogen) atoms. The smallest absolute Gasteiger partial charge is 0.269 e. The molecule has 0 saturated heterocycles. The highest BCUT2D eigenvalue weighted by atomic mass is 16.2. The van der Waals surface area contributed by atoms with Crippen LogP contribution < -0.4 is 11.1 Å². The first kappa shape index (κ1) is 10.0. The fourth-order valence-electron chi connectivity index (χ4n) is 1.93. The van der Waals surface area contributed by atoms with Gasteiger partial charge in [-0.05, 0) is 25.7 Å². The number of nitrogen functional groups attached to an aromatic ring is 1. The van der Waals surface area contributed by atoms with Gasteiger partial charge in [-0.1, -0.05) is 6.92 Å². The van der Waals surface area contributed by atoms with Crippen molar-refractivity contribution < 1.29 is 4.79 Å². The molecule has 1 aliphatic rings. The number of nitrogens with zero attached hydrogens (tertiary/aromatic N) is 1. The number of carbonyl (C=O) groups is 1. The lowest BCUT2D eigenvalue weighted by Gasteiger charge is -2.41. The average Bonchev–Trinajstić information content (AvgIpc) is 2.58. The lowest BCUT2D eigenvalue weighted by Crippen LogP contribution is -2.53. The zero-order valence-electron chi connectivity index (χ0n) is 8.84. The van der Waals surface area contributed by atoms with Crippen LogP contribution in [0.4, 0.5) is 5.82 Å². The van der Waals surface area contributed by atoms with E-state index in [4.69, 9.17) is 5.73 Å². The molecule has 0 aromatic carbocycles. The van der Waals surface area contributed by atoms with Crippen molar-refractivity contribution in [1.82, 2.24) is 15.5 Å².